The topological polar surface area (TPSA) is 115 Å². The summed E-state index contributed by atoms with van der Waals surface area (Å²) >= 11 is 1.51. The highest BCUT2D eigenvalue weighted by atomic mass is 32.2. The van der Waals surface area contributed by atoms with Crippen molar-refractivity contribution in [1.29, 1.82) is 0 Å². The third kappa shape index (κ3) is 5.39. The molecule has 35 heavy (non-hydrogen) atoms. The Morgan fingerprint density at radius 2 is 2.06 bits per heavy atom. The summed E-state index contributed by atoms with van der Waals surface area (Å²) in [5.41, 5.74) is 9.15. The first kappa shape index (κ1) is 23.9. The molecule has 10 heteroatoms. The molecule has 5 rings (SSSR count). The van der Waals surface area contributed by atoms with E-state index in [2.05, 4.69) is 25.6 Å². The van der Waals surface area contributed by atoms with Gasteiger partial charge in [0.05, 0.1) is 40.7 Å². The maximum atomic E-state index is 14.7. The van der Waals surface area contributed by atoms with Crippen LogP contribution in [0.25, 0.3) is 11.0 Å². The smallest absolute Gasteiger partial charge is 0.235 e. The standard InChI is InChI=1S/C25H29FN6O2S/c1-34-23-9-7-20-24(32-23)17(18(26)12-29-20)10-19(27)14-2-4-15(5-3-14)28-11-16-6-8-21-25(30-16)31-22(33)13-35-21/h6-9,12,14-15,19,28H,2-5,10-11,13,27H2,1H3,(H,30,31,33). The monoisotopic (exact) mass is 496 g/mol. The van der Waals surface area contributed by atoms with Crippen LogP contribution in [0.5, 0.6) is 5.88 Å². The van der Waals surface area contributed by atoms with Crippen molar-refractivity contribution in [2.45, 2.75) is 55.6 Å². The second-order valence-corrected chi connectivity index (χ2v) is 10.2. The second kappa shape index (κ2) is 10.4. The number of ether oxygens (including phenoxy) is 1. The number of nitrogens with zero attached hydrogens (tertiary/aromatic N) is 3. The minimum Gasteiger partial charge on any atom is -0.481 e. The number of fused-ring (bicyclic) bond motifs is 2. The van der Waals surface area contributed by atoms with Crippen molar-refractivity contribution in [3.8, 4) is 5.88 Å². The van der Waals surface area contributed by atoms with E-state index in [0.717, 1.165) is 36.3 Å². The van der Waals surface area contributed by atoms with Crippen molar-refractivity contribution in [2.75, 3.05) is 18.2 Å². The Bertz CT molecular complexity index is 1230. The molecule has 184 valence electrons. The van der Waals surface area contributed by atoms with Gasteiger partial charge < -0.3 is 21.1 Å². The van der Waals surface area contributed by atoms with Crippen LogP contribution in [-0.4, -0.2) is 45.8 Å². The first-order valence-corrected chi connectivity index (χ1v) is 12.9. The molecule has 1 unspecified atom stereocenters. The van der Waals surface area contributed by atoms with Gasteiger partial charge in [0.25, 0.3) is 0 Å². The third-order valence-corrected chi connectivity index (χ3v) is 7.92. The summed E-state index contributed by atoms with van der Waals surface area (Å²) in [6, 6.07) is 7.76. The number of carbonyl (C=O) groups is 1. The fourth-order valence-corrected chi connectivity index (χ4v) is 5.65. The average molecular weight is 497 g/mol. The molecular weight excluding hydrogens is 467 g/mol. The minimum absolute atomic E-state index is 0.00988. The Labute approximate surface area is 207 Å². The molecule has 0 spiro atoms. The fraction of sp³-hybridized carbons (Fsp3) is 0.440. The molecule has 4 N–H and O–H groups in total. The highest BCUT2D eigenvalue weighted by Crippen LogP contribution is 2.31. The van der Waals surface area contributed by atoms with E-state index < -0.39 is 0 Å². The van der Waals surface area contributed by atoms with E-state index in [4.69, 9.17) is 10.5 Å². The summed E-state index contributed by atoms with van der Waals surface area (Å²) < 4.78 is 19.9. The van der Waals surface area contributed by atoms with Crippen molar-refractivity contribution in [3.05, 3.63) is 47.5 Å². The zero-order valence-electron chi connectivity index (χ0n) is 19.6. The number of nitrogens with one attached hydrogen (secondary N) is 2. The first-order chi connectivity index (χ1) is 17.0. The van der Waals surface area contributed by atoms with E-state index in [1.807, 2.05) is 12.1 Å². The average Bonchev–Trinajstić information content (AvgIpc) is 2.88. The zero-order valence-corrected chi connectivity index (χ0v) is 20.4. The second-order valence-electron chi connectivity index (χ2n) is 9.15. The number of carbonyl (C=O) groups excluding carboxylic acids is 1. The summed E-state index contributed by atoms with van der Waals surface area (Å²) in [6.07, 6.45) is 5.62. The maximum Gasteiger partial charge on any atom is 0.235 e. The van der Waals surface area contributed by atoms with E-state index in [-0.39, 0.29) is 17.8 Å². The molecular formula is C25H29FN6O2S. The molecule has 1 atom stereocenters. The first-order valence-electron chi connectivity index (χ1n) is 11.9. The van der Waals surface area contributed by atoms with Gasteiger partial charge in [0.1, 0.15) is 11.6 Å². The molecule has 3 aromatic rings. The normalized spacial score (nSPS) is 20.8. The number of anilines is 1. The van der Waals surface area contributed by atoms with Crippen molar-refractivity contribution < 1.29 is 13.9 Å². The molecule has 1 aliphatic heterocycles. The lowest BCUT2D eigenvalue weighted by atomic mass is 9.80. The predicted molar refractivity (Wildman–Crippen MR) is 134 cm³/mol. The lowest BCUT2D eigenvalue weighted by Crippen LogP contribution is -2.40. The van der Waals surface area contributed by atoms with Crippen molar-refractivity contribution in [2.24, 2.45) is 11.7 Å². The largest absolute Gasteiger partial charge is 0.481 e. The highest BCUT2D eigenvalue weighted by Gasteiger charge is 2.27. The number of nitrogens with two attached hydrogens (primary N) is 1. The van der Waals surface area contributed by atoms with Crippen molar-refractivity contribution >= 4 is 34.5 Å². The number of aromatic nitrogens is 3. The molecule has 8 nitrogen and oxygen atoms in total. The Morgan fingerprint density at radius 1 is 1.23 bits per heavy atom. The summed E-state index contributed by atoms with van der Waals surface area (Å²) in [7, 11) is 1.54. The van der Waals surface area contributed by atoms with E-state index in [9.17, 15) is 9.18 Å². The molecule has 1 aliphatic carbocycles. The van der Waals surface area contributed by atoms with E-state index >= 15 is 0 Å². The Hall–Kier alpha value is -2.82. The summed E-state index contributed by atoms with van der Waals surface area (Å²) in [5, 5.41) is 6.44. The number of amides is 1. The number of thioether (sulfide) groups is 1. The van der Waals surface area contributed by atoms with Gasteiger partial charge in [0, 0.05) is 30.3 Å². The van der Waals surface area contributed by atoms with Gasteiger partial charge in [0.15, 0.2) is 0 Å². The number of halogens is 1. The highest BCUT2D eigenvalue weighted by molar-refractivity contribution is 8.00. The van der Waals surface area contributed by atoms with Gasteiger partial charge in [-0.05, 0) is 56.2 Å². The van der Waals surface area contributed by atoms with Gasteiger partial charge in [0.2, 0.25) is 11.8 Å². The van der Waals surface area contributed by atoms with Crippen molar-refractivity contribution in [1.82, 2.24) is 20.3 Å². The SMILES string of the molecule is COc1ccc2ncc(F)c(CC(N)C3CCC(NCc4ccc5c(n4)NC(=O)CS5)CC3)c2n1. The molecule has 0 radical (unpaired) electrons. The molecule has 0 bridgehead atoms. The summed E-state index contributed by atoms with van der Waals surface area (Å²) in [5.74, 6) is 1.45. The molecule has 2 aliphatic rings. The number of hydrogen-bond donors (Lipinski definition) is 3. The van der Waals surface area contributed by atoms with E-state index in [0.29, 0.717) is 59.0 Å². The molecule has 0 aromatic carbocycles. The van der Waals surface area contributed by atoms with Crippen LogP contribution in [0, 0.1) is 11.7 Å². The number of hydrogen-bond acceptors (Lipinski definition) is 8. The molecule has 1 fully saturated rings. The quantitative estimate of drug-likeness (QED) is 0.456. The molecule has 1 amide bonds. The Kier molecular flexibility index (Phi) is 7.12. The third-order valence-electron chi connectivity index (χ3n) is 6.87. The molecule has 3 aromatic heterocycles. The van der Waals surface area contributed by atoms with Gasteiger partial charge in [-0.25, -0.2) is 14.4 Å². The van der Waals surface area contributed by atoms with Gasteiger partial charge in [-0.2, -0.15) is 0 Å². The number of pyridine rings is 3. The predicted octanol–water partition coefficient (Wildman–Crippen LogP) is 3.44. The lowest BCUT2D eigenvalue weighted by Gasteiger charge is -2.33. The number of methoxy groups -OCH3 is 1. The van der Waals surface area contributed by atoms with Gasteiger partial charge in [-0.1, -0.05) is 0 Å². The van der Waals surface area contributed by atoms with Crippen LogP contribution < -0.4 is 21.1 Å². The van der Waals surface area contributed by atoms with E-state index in [1.165, 1.54) is 25.1 Å². The van der Waals surface area contributed by atoms with E-state index in [1.54, 1.807) is 12.1 Å². The molecule has 1 saturated carbocycles. The number of rotatable bonds is 7. The maximum absolute atomic E-state index is 14.7. The molecule has 4 heterocycles. The zero-order chi connectivity index (χ0) is 24.4. The van der Waals surface area contributed by atoms with Crippen LogP contribution in [0.4, 0.5) is 10.2 Å². The van der Waals surface area contributed by atoms with Crippen LogP contribution in [0.3, 0.4) is 0 Å². The van der Waals surface area contributed by atoms with Gasteiger partial charge in [-0.15, -0.1) is 11.8 Å². The van der Waals surface area contributed by atoms with Gasteiger partial charge >= 0.3 is 0 Å². The van der Waals surface area contributed by atoms with Crippen LogP contribution in [-0.2, 0) is 17.8 Å². The Balaban J connectivity index is 1.16. The van der Waals surface area contributed by atoms with Crippen LogP contribution in [0.1, 0.15) is 36.9 Å². The van der Waals surface area contributed by atoms with Crippen LogP contribution >= 0.6 is 11.8 Å². The lowest BCUT2D eigenvalue weighted by molar-refractivity contribution is -0.113. The van der Waals surface area contributed by atoms with Crippen LogP contribution in [0.2, 0.25) is 0 Å². The fourth-order valence-electron chi connectivity index (χ4n) is 4.89. The van der Waals surface area contributed by atoms with Gasteiger partial charge in [-0.3, -0.25) is 9.78 Å². The summed E-state index contributed by atoms with van der Waals surface area (Å²) in [4.78, 5) is 25.8. The summed E-state index contributed by atoms with van der Waals surface area (Å²) in [6.45, 7) is 0.650. The van der Waals surface area contributed by atoms with Crippen molar-refractivity contribution in [3.63, 3.8) is 0 Å². The van der Waals surface area contributed by atoms with Crippen LogP contribution in [0.15, 0.2) is 35.4 Å². The Morgan fingerprint density at radius 3 is 2.86 bits per heavy atom. The minimum atomic E-state index is -0.379. The molecule has 0 saturated heterocycles.